The third-order valence-electron chi connectivity index (χ3n) is 5.29. The van der Waals surface area contributed by atoms with Crippen molar-refractivity contribution in [2.75, 3.05) is 16.8 Å². The minimum Gasteiger partial charge on any atom is -0.386 e. The summed E-state index contributed by atoms with van der Waals surface area (Å²) in [6.45, 7) is 7.60. The Balaban J connectivity index is 1.58. The summed E-state index contributed by atoms with van der Waals surface area (Å²) < 4.78 is 0. The maximum Gasteiger partial charge on any atom is 0.225 e. The summed E-state index contributed by atoms with van der Waals surface area (Å²) in [5.74, 6) is 1.78. The van der Waals surface area contributed by atoms with Crippen molar-refractivity contribution >= 4 is 11.8 Å². The van der Waals surface area contributed by atoms with Gasteiger partial charge in [-0.15, -0.1) is 0 Å². The van der Waals surface area contributed by atoms with Crippen LogP contribution in [-0.2, 0) is 25.0 Å². The van der Waals surface area contributed by atoms with Crippen LogP contribution < -0.4 is 10.2 Å². The predicted molar refractivity (Wildman–Crippen MR) is 104 cm³/mol. The van der Waals surface area contributed by atoms with Crippen LogP contribution in [0.1, 0.15) is 56.0 Å². The van der Waals surface area contributed by atoms with E-state index in [0.29, 0.717) is 6.04 Å². The lowest BCUT2D eigenvalue weighted by Crippen LogP contribution is -2.32. The van der Waals surface area contributed by atoms with Gasteiger partial charge < -0.3 is 15.3 Å². The summed E-state index contributed by atoms with van der Waals surface area (Å²) in [5, 5.41) is 13.7. The van der Waals surface area contributed by atoms with Crippen molar-refractivity contribution in [3.8, 4) is 0 Å². The first-order valence-electron chi connectivity index (χ1n) is 9.66. The Hall–Kier alpha value is -2.14. The third kappa shape index (κ3) is 3.68. The fraction of sp³-hybridized carbons (Fsp3) is 0.524. The number of nitrogens with one attached hydrogen (secondary N) is 1. The van der Waals surface area contributed by atoms with Gasteiger partial charge in [0, 0.05) is 30.9 Å². The lowest BCUT2D eigenvalue weighted by molar-refractivity contribution is 0.0785. The van der Waals surface area contributed by atoms with Crippen molar-refractivity contribution in [1.82, 2.24) is 9.97 Å². The second-order valence-corrected chi connectivity index (χ2v) is 8.03. The van der Waals surface area contributed by atoms with Crippen molar-refractivity contribution in [2.45, 2.75) is 64.6 Å². The zero-order chi connectivity index (χ0) is 18.3. The quantitative estimate of drug-likeness (QED) is 0.863. The molecule has 1 aromatic heterocycles. The van der Waals surface area contributed by atoms with Crippen LogP contribution in [0.4, 0.5) is 11.8 Å². The molecule has 1 saturated carbocycles. The molecule has 2 aliphatic rings. The van der Waals surface area contributed by atoms with Crippen LogP contribution in [-0.4, -0.2) is 27.7 Å². The summed E-state index contributed by atoms with van der Waals surface area (Å²) in [5.41, 5.74) is 3.93. The maximum absolute atomic E-state index is 10.3. The molecular weight excluding hydrogens is 324 g/mol. The van der Waals surface area contributed by atoms with Gasteiger partial charge in [-0.25, -0.2) is 4.98 Å². The van der Waals surface area contributed by atoms with Gasteiger partial charge in [0.1, 0.15) is 5.82 Å². The highest BCUT2D eigenvalue weighted by molar-refractivity contribution is 5.49. The molecule has 1 fully saturated rings. The van der Waals surface area contributed by atoms with Crippen LogP contribution in [0.3, 0.4) is 0 Å². The average molecular weight is 352 g/mol. The number of aliphatic hydroxyl groups is 1. The minimum atomic E-state index is -0.793. The van der Waals surface area contributed by atoms with Gasteiger partial charge in [0.05, 0.1) is 5.60 Å². The number of nitrogens with zero attached hydrogens (tertiary/aromatic N) is 3. The fourth-order valence-corrected chi connectivity index (χ4v) is 3.43. The normalized spacial score (nSPS) is 17.2. The number of benzene rings is 1. The van der Waals surface area contributed by atoms with Crippen molar-refractivity contribution in [3.05, 3.63) is 46.6 Å². The number of rotatable bonds is 5. The Morgan fingerprint density at radius 1 is 1.19 bits per heavy atom. The number of hydrogen-bond donors (Lipinski definition) is 2. The van der Waals surface area contributed by atoms with E-state index in [1.54, 1.807) is 0 Å². The Morgan fingerprint density at radius 2 is 2.00 bits per heavy atom. The topological polar surface area (TPSA) is 61.3 Å². The van der Waals surface area contributed by atoms with Gasteiger partial charge in [-0.05, 0) is 56.2 Å². The molecule has 1 aliphatic heterocycles. The molecule has 2 N–H and O–H groups in total. The first-order valence-corrected chi connectivity index (χ1v) is 9.66. The van der Waals surface area contributed by atoms with Gasteiger partial charge in [-0.2, -0.15) is 4.98 Å². The highest BCUT2D eigenvalue weighted by Crippen LogP contribution is 2.29. The molecule has 2 aromatic rings. The monoisotopic (exact) mass is 352 g/mol. The molecular formula is C21H28N4O. The van der Waals surface area contributed by atoms with Crippen LogP contribution >= 0.6 is 0 Å². The van der Waals surface area contributed by atoms with Crippen LogP contribution in [0.25, 0.3) is 0 Å². The van der Waals surface area contributed by atoms with E-state index in [-0.39, 0.29) is 0 Å². The van der Waals surface area contributed by atoms with Crippen LogP contribution in [0.15, 0.2) is 24.3 Å². The molecule has 1 aromatic carbocycles. The highest BCUT2D eigenvalue weighted by Gasteiger charge is 2.24. The summed E-state index contributed by atoms with van der Waals surface area (Å²) in [4.78, 5) is 11.8. The summed E-state index contributed by atoms with van der Waals surface area (Å²) in [6.07, 6.45) is 4.32. The van der Waals surface area contributed by atoms with Gasteiger partial charge in [0.15, 0.2) is 0 Å². The average Bonchev–Trinajstić information content (AvgIpc) is 3.43. The molecule has 0 saturated heterocycles. The fourth-order valence-electron chi connectivity index (χ4n) is 3.43. The summed E-state index contributed by atoms with van der Waals surface area (Å²) in [6, 6.07) is 9.02. The number of aromatic nitrogens is 2. The number of aryl methyl sites for hydroxylation is 1. The van der Waals surface area contributed by atoms with Gasteiger partial charge in [0.2, 0.25) is 5.95 Å². The van der Waals surface area contributed by atoms with Gasteiger partial charge in [-0.1, -0.05) is 25.1 Å². The van der Waals surface area contributed by atoms with Gasteiger partial charge in [0.25, 0.3) is 0 Å². The second kappa shape index (κ2) is 6.54. The molecule has 0 spiro atoms. The van der Waals surface area contributed by atoms with E-state index in [1.165, 1.54) is 24.0 Å². The SMILES string of the molecule is CCc1cc(N2CCc3cc(C(C)(C)O)ccc3C2)nc(NC2CC2)n1. The van der Waals surface area contributed by atoms with Crippen LogP contribution in [0.5, 0.6) is 0 Å². The largest absolute Gasteiger partial charge is 0.386 e. The molecule has 0 amide bonds. The van der Waals surface area contributed by atoms with E-state index < -0.39 is 5.60 Å². The molecule has 0 bridgehead atoms. The zero-order valence-electron chi connectivity index (χ0n) is 15.9. The van der Waals surface area contributed by atoms with Gasteiger partial charge in [-0.3, -0.25) is 0 Å². The van der Waals surface area contributed by atoms with Crippen LogP contribution in [0, 0.1) is 0 Å². The van der Waals surface area contributed by atoms with Crippen molar-refractivity contribution < 1.29 is 5.11 Å². The lowest BCUT2D eigenvalue weighted by Gasteiger charge is -2.31. The first kappa shape index (κ1) is 17.3. The van der Waals surface area contributed by atoms with E-state index in [2.05, 4.69) is 40.3 Å². The van der Waals surface area contributed by atoms with E-state index in [1.807, 2.05) is 19.9 Å². The Bertz CT molecular complexity index is 808. The van der Waals surface area contributed by atoms with E-state index in [9.17, 15) is 5.11 Å². The Kier molecular flexibility index (Phi) is 4.35. The molecule has 5 nitrogen and oxygen atoms in total. The highest BCUT2D eigenvalue weighted by atomic mass is 16.3. The Labute approximate surface area is 155 Å². The molecule has 5 heteroatoms. The number of hydrogen-bond acceptors (Lipinski definition) is 5. The lowest BCUT2D eigenvalue weighted by atomic mass is 9.91. The number of fused-ring (bicyclic) bond motifs is 1. The predicted octanol–water partition coefficient (Wildman–Crippen LogP) is 3.40. The second-order valence-electron chi connectivity index (χ2n) is 8.03. The molecule has 138 valence electrons. The molecule has 0 atom stereocenters. The summed E-state index contributed by atoms with van der Waals surface area (Å²) in [7, 11) is 0. The smallest absolute Gasteiger partial charge is 0.225 e. The van der Waals surface area contributed by atoms with Crippen LogP contribution in [0.2, 0.25) is 0 Å². The van der Waals surface area contributed by atoms with E-state index in [0.717, 1.165) is 49.0 Å². The molecule has 0 radical (unpaired) electrons. The maximum atomic E-state index is 10.3. The third-order valence-corrected chi connectivity index (χ3v) is 5.29. The van der Waals surface area contributed by atoms with Crippen molar-refractivity contribution in [2.24, 2.45) is 0 Å². The molecule has 26 heavy (non-hydrogen) atoms. The zero-order valence-corrected chi connectivity index (χ0v) is 15.9. The molecule has 0 unspecified atom stereocenters. The van der Waals surface area contributed by atoms with E-state index in [4.69, 9.17) is 4.98 Å². The van der Waals surface area contributed by atoms with Crippen molar-refractivity contribution in [1.29, 1.82) is 0 Å². The van der Waals surface area contributed by atoms with Crippen molar-refractivity contribution in [3.63, 3.8) is 0 Å². The molecule has 4 rings (SSSR count). The minimum absolute atomic E-state index is 0.553. The van der Waals surface area contributed by atoms with Gasteiger partial charge >= 0.3 is 0 Å². The molecule has 1 aliphatic carbocycles. The first-order chi connectivity index (χ1) is 12.4. The van der Waals surface area contributed by atoms with E-state index >= 15 is 0 Å². The molecule has 2 heterocycles. The summed E-state index contributed by atoms with van der Waals surface area (Å²) >= 11 is 0. The number of anilines is 2. The Morgan fingerprint density at radius 3 is 2.69 bits per heavy atom. The standard InChI is InChI=1S/C21H28N4O/c1-4-17-12-19(24-20(22-17)23-18-7-8-18)25-10-9-14-11-16(21(2,3)26)6-5-15(14)13-25/h5-6,11-12,18,26H,4,7-10,13H2,1-3H3,(H,22,23,24).